The zero-order valence-electron chi connectivity index (χ0n) is 10.8. The lowest BCUT2D eigenvalue weighted by molar-refractivity contribution is 0.0698. The van der Waals surface area contributed by atoms with Crippen molar-refractivity contribution in [2.45, 2.75) is 6.54 Å². The van der Waals surface area contributed by atoms with E-state index in [0.717, 1.165) is 16.5 Å². The standard InChI is InChI=1S/C16H14N2O2/c19-16(20)13-6-1-2-7-14(13)18-10-12-5-3-4-11-8-9-17-15(11)12/h1-9,17-18H,10H2,(H,19,20). The molecule has 20 heavy (non-hydrogen) atoms. The van der Waals surface area contributed by atoms with Crippen molar-refractivity contribution in [3.8, 4) is 0 Å². The molecule has 0 spiro atoms. The Morgan fingerprint density at radius 2 is 1.95 bits per heavy atom. The fourth-order valence-electron chi connectivity index (χ4n) is 2.31. The minimum atomic E-state index is -0.925. The highest BCUT2D eigenvalue weighted by Crippen LogP contribution is 2.20. The fourth-order valence-corrected chi connectivity index (χ4v) is 2.31. The second-order valence-corrected chi connectivity index (χ2v) is 4.56. The number of anilines is 1. The Bertz CT molecular complexity index is 762. The SMILES string of the molecule is O=C(O)c1ccccc1NCc1cccc2cc[nH]c12. The number of aromatic carboxylic acids is 1. The van der Waals surface area contributed by atoms with Crippen LogP contribution in [0.15, 0.2) is 54.7 Å². The Balaban J connectivity index is 1.87. The molecule has 100 valence electrons. The molecule has 1 heterocycles. The lowest BCUT2D eigenvalue weighted by atomic mass is 10.1. The molecule has 3 aromatic rings. The number of carboxylic acid groups (broad SMARTS) is 1. The van der Waals surface area contributed by atoms with Crippen LogP contribution < -0.4 is 5.32 Å². The summed E-state index contributed by atoms with van der Waals surface area (Å²) in [6, 6.07) is 15.0. The topological polar surface area (TPSA) is 65.1 Å². The number of H-pyrrole nitrogens is 1. The number of carboxylic acids is 1. The van der Waals surface area contributed by atoms with E-state index in [4.69, 9.17) is 5.11 Å². The Hall–Kier alpha value is -2.75. The highest BCUT2D eigenvalue weighted by Gasteiger charge is 2.09. The van der Waals surface area contributed by atoms with Gasteiger partial charge in [-0.1, -0.05) is 30.3 Å². The molecule has 0 aliphatic rings. The number of hydrogen-bond acceptors (Lipinski definition) is 2. The van der Waals surface area contributed by atoms with Gasteiger partial charge in [-0.25, -0.2) is 4.79 Å². The van der Waals surface area contributed by atoms with Crippen molar-refractivity contribution in [1.82, 2.24) is 4.98 Å². The molecule has 0 amide bonds. The van der Waals surface area contributed by atoms with E-state index >= 15 is 0 Å². The number of fused-ring (bicyclic) bond motifs is 1. The number of benzene rings is 2. The summed E-state index contributed by atoms with van der Waals surface area (Å²) < 4.78 is 0. The number of aromatic amines is 1. The first-order valence-electron chi connectivity index (χ1n) is 6.37. The molecule has 0 fully saturated rings. The molecule has 0 bridgehead atoms. The maximum absolute atomic E-state index is 11.2. The molecule has 0 unspecified atom stereocenters. The smallest absolute Gasteiger partial charge is 0.337 e. The maximum atomic E-state index is 11.2. The Labute approximate surface area is 116 Å². The lowest BCUT2D eigenvalue weighted by Gasteiger charge is -2.10. The van der Waals surface area contributed by atoms with Crippen LogP contribution in [0.3, 0.4) is 0 Å². The number of rotatable bonds is 4. The van der Waals surface area contributed by atoms with Crippen LogP contribution in [0.25, 0.3) is 10.9 Å². The van der Waals surface area contributed by atoms with Gasteiger partial charge in [0.05, 0.1) is 11.1 Å². The quantitative estimate of drug-likeness (QED) is 0.677. The number of carbonyl (C=O) groups is 1. The Morgan fingerprint density at radius 1 is 1.10 bits per heavy atom. The minimum Gasteiger partial charge on any atom is -0.478 e. The third-order valence-electron chi connectivity index (χ3n) is 3.30. The highest BCUT2D eigenvalue weighted by atomic mass is 16.4. The zero-order chi connectivity index (χ0) is 13.9. The maximum Gasteiger partial charge on any atom is 0.337 e. The summed E-state index contributed by atoms with van der Waals surface area (Å²) in [5.41, 5.74) is 3.09. The van der Waals surface area contributed by atoms with E-state index in [1.165, 1.54) is 0 Å². The van der Waals surface area contributed by atoms with Gasteiger partial charge in [-0.2, -0.15) is 0 Å². The minimum absolute atomic E-state index is 0.283. The molecule has 1 aromatic heterocycles. The van der Waals surface area contributed by atoms with Gasteiger partial charge in [0, 0.05) is 18.4 Å². The third kappa shape index (κ3) is 2.23. The lowest BCUT2D eigenvalue weighted by Crippen LogP contribution is -2.06. The Kier molecular flexibility index (Phi) is 3.13. The van der Waals surface area contributed by atoms with Crippen LogP contribution >= 0.6 is 0 Å². The van der Waals surface area contributed by atoms with Crippen LogP contribution in [0, 0.1) is 0 Å². The summed E-state index contributed by atoms with van der Waals surface area (Å²) >= 11 is 0. The van der Waals surface area contributed by atoms with E-state index < -0.39 is 5.97 Å². The molecular formula is C16H14N2O2. The molecule has 0 saturated carbocycles. The van der Waals surface area contributed by atoms with Crippen LogP contribution in [0.4, 0.5) is 5.69 Å². The van der Waals surface area contributed by atoms with E-state index in [-0.39, 0.29) is 5.56 Å². The summed E-state index contributed by atoms with van der Waals surface area (Å²) in [4.78, 5) is 14.4. The summed E-state index contributed by atoms with van der Waals surface area (Å²) in [6.07, 6.45) is 1.90. The number of para-hydroxylation sites is 2. The predicted molar refractivity (Wildman–Crippen MR) is 79.0 cm³/mol. The highest BCUT2D eigenvalue weighted by molar-refractivity contribution is 5.94. The number of nitrogens with one attached hydrogen (secondary N) is 2. The van der Waals surface area contributed by atoms with Gasteiger partial charge in [-0.15, -0.1) is 0 Å². The van der Waals surface area contributed by atoms with Crippen molar-refractivity contribution in [1.29, 1.82) is 0 Å². The fraction of sp³-hybridized carbons (Fsp3) is 0.0625. The van der Waals surface area contributed by atoms with Gasteiger partial charge in [0.1, 0.15) is 0 Å². The summed E-state index contributed by atoms with van der Waals surface area (Å²) in [7, 11) is 0. The van der Waals surface area contributed by atoms with Crippen LogP contribution in [0.5, 0.6) is 0 Å². The van der Waals surface area contributed by atoms with Crippen LogP contribution in [0.2, 0.25) is 0 Å². The average molecular weight is 266 g/mol. The zero-order valence-corrected chi connectivity index (χ0v) is 10.8. The van der Waals surface area contributed by atoms with E-state index in [0.29, 0.717) is 12.2 Å². The Morgan fingerprint density at radius 3 is 2.80 bits per heavy atom. The van der Waals surface area contributed by atoms with Gasteiger partial charge >= 0.3 is 5.97 Å². The first-order chi connectivity index (χ1) is 9.75. The number of aromatic nitrogens is 1. The molecule has 0 atom stereocenters. The van der Waals surface area contributed by atoms with Crippen molar-refractivity contribution in [3.05, 3.63) is 65.9 Å². The van der Waals surface area contributed by atoms with E-state index in [1.807, 2.05) is 36.5 Å². The van der Waals surface area contributed by atoms with Crippen molar-refractivity contribution in [2.24, 2.45) is 0 Å². The molecule has 0 radical (unpaired) electrons. The second kappa shape index (κ2) is 5.09. The van der Waals surface area contributed by atoms with Gasteiger partial charge in [0.15, 0.2) is 0 Å². The molecule has 3 N–H and O–H groups in total. The van der Waals surface area contributed by atoms with Crippen molar-refractivity contribution in [2.75, 3.05) is 5.32 Å². The van der Waals surface area contributed by atoms with Gasteiger partial charge in [-0.3, -0.25) is 0 Å². The molecule has 0 saturated heterocycles. The van der Waals surface area contributed by atoms with E-state index in [9.17, 15) is 4.79 Å². The van der Waals surface area contributed by atoms with Crippen molar-refractivity contribution in [3.63, 3.8) is 0 Å². The molecule has 2 aromatic carbocycles. The first kappa shape index (κ1) is 12.3. The number of hydrogen-bond donors (Lipinski definition) is 3. The molecule has 4 nitrogen and oxygen atoms in total. The van der Waals surface area contributed by atoms with Crippen LogP contribution in [0.1, 0.15) is 15.9 Å². The third-order valence-corrected chi connectivity index (χ3v) is 3.30. The molecule has 3 rings (SSSR count). The summed E-state index contributed by atoms with van der Waals surface area (Å²) in [6.45, 7) is 0.572. The largest absolute Gasteiger partial charge is 0.478 e. The molecule has 0 aliphatic carbocycles. The normalized spacial score (nSPS) is 10.6. The van der Waals surface area contributed by atoms with E-state index in [1.54, 1.807) is 18.2 Å². The van der Waals surface area contributed by atoms with Gasteiger partial charge in [0.25, 0.3) is 0 Å². The molecule has 0 aliphatic heterocycles. The van der Waals surface area contributed by atoms with Gasteiger partial charge in [0.2, 0.25) is 0 Å². The second-order valence-electron chi connectivity index (χ2n) is 4.56. The van der Waals surface area contributed by atoms with Crippen LogP contribution in [-0.4, -0.2) is 16.1 Å². The molecular weight excluding hydrogens is 252 g/mol. The van der Waals surface area contributed by atoms with E-state index in [2.05, 4.69) is 10.3 Å². The van der Waals surface area contributed by atoms with Crippen LogP contribution in [-0.2, 0) is 6.54 Å². The monoisotopic (exact) mass is 266 g/mol. The predicted octanol–water partition coefficient (Wildman–Crippen LogP) is 3.48. The van der Waals surface area contributed by atoms with Gasteiger partial charge < -0.3 is 15.4 Å². The van der Waals surface area contributed by atoms with Crippen molar-refractivity contribution >= 4 is 22.6 Å². The summed E-state index contributed by atoms with van der Waals surface area (Å²) in [5.74, 6) is -0.925. The first-order valence-corrected chi connectivity index (χ1v) is 6.37. The van der Waals surface area contributed by atoms with Gasteiger partial charge in [-0.05, 0) is 29.1 Å². The van der Waals surface area contributed by atoms with Crippen molar-refractivity contribution < 1.29 is 9.90 Å². The average Bonchev–Trinajstić information content (AvgIpc) is 2.94. The summed E-state index contributed by atoms with van der Waals surface area (Å²) in [5, 5.41) is 13.5. The molecule has 4 heteroatoms.